The second-order valence-corrected chi connectivity index (χ2v) is 4.89. The Hall–Kier alpha value is -0.480. The minimum atomic E-state index is -0.416. The van der Waals surface area contributed by atoms with Crippen LogP contribution >= 0.6 is 15.9 Å². The fourth-order valence-electron chi connectivity index (χ4n) is 1.83. The lowest BCUT2D eigenvalue weighted by molar-refractivity contribution is 0.465. The van der Waals surface area contributed by atoms with Crippen LogP contribution in [0.4, 0.5) is 8.78 Å². The highest BCUT2D eigenvalue weighted by atomic mass is 79.9. The Labute approximate surface area is 110 Å². The van der Waals surface area contributed by atoms with Gasteiger partial charge in [-0.15, -0.1) is 0 Å². The van der Waals surface area contributed by atoms with Crippen LogP contribution in [0.15, 0.2) is 16.6 Å². The third-order valence-electron chi connectivity index (χ3n) is 2.71. The zero-order valence-electron chi connectivity index (χ0n) is 10.2. The predicted molar refractivity (Wildman–Crippen MR) is 70.0 cm³/mol. The van der Waals surface area contributed by atoms with Crippen molar-refractivity contribution in [2.24, 2.45) is 0 Å². The van der Waals surface area contributed by atoms with Crippen molar-refractivity contribution >= 4 is 15.9 Å². The molecule has 0 fully saturated rings. The molecular weight excluding hydrogens is 288 g/mol. The Bertz CT molecular complexity index is 369. The predicted octanol–water partition coefficient (Wildman–Crippen LogP) is 4.57. The fraction of sp³-hybridized carbons (Fsp3) is 0.538. The summed E-state index contributed by atoms with van der Waals surface area (Å²) in [5.41, 5.74) is 0.418. The second-order valence-electron chi connectivity index (χ2n) is 4.04. The largest absolute Gasteiger partial charge is 0.310 e. The molecule has 0 bridgehead atoms. The molecular formula is C13H18BrF2N. The van der Waals surface area contributed by atoms with Gasteiger partial charge in [0.25, 0.3) is 0 Å². The fourth-order valence-corrected chi connectivity index (χ4v) is 2.14. The van der Waals surface area contributed by atoms with E-state index in [-0.39, 0.29) is 16.3 Å². The van der Waals surface area contributed by atoms with Gasteiger partial charge < -0.3 is 5.32 Å². The zero-order valence-corrected chi connectivity index (χ0v) is 11.8. The molecule has 0 aliphatic heterocycles. The van der Waals surface area contributed by atoms with Crippen molar-refractivity contribution in [2.75, 3.05) is 6.54 Å². The van der Waals surface area contributed by atoms with Crippen LogP contribution in [-0.2, 0) is 0 Å². The number of hydrogen-bond donors (Lipinski definition) is 1. The Morgan fingerprint density at radius 1 is 1.24 bits per heavy atom. The van der Waals surface area contributed by atoms with E-state index in [1.54, 1.807) is 0 Å². The van der Waals surface area contributed by atoms with E-state index in [0.717, 1.165) is 25.8 Å². The van der Waals surface area contributed by atoms with Crippen molar-refractivity contribution in [3.63, 3.8) is 0 Å². The second kappa shape index (κ2) is 7.07. The van der Waals surface area contributed by atoms with Gasteiger partial charge in [0.05, 0.1) is 4.47 Å². The highest BCUT2D eigenvalue weighted by molar-refractivity contribution is 9.10. The summed E-state index contributed by atoms with van der Waals surface area (Å²) >= 11 is 2.99. The van der Waals surface area contributed by atoms with Crippen molar-refractivity contribution in [2.45, 2.75) is 39.2 Å². The third-order valence-corrected chi connectivity index (χ3v) is 3.32. The van der Waals surface area contributed by atoms with E-state index in [2.05, 4.69) is 28.2 Å². The Morgan fingerprint density at radius 2 is 1.94 bits per heavy atom. The highest BCUT2D eigenvalue weighted by Crippen LogP contribution is 2.27. The van der Waals surface area contributed by atoms with Gasteiger partial charge in [-0.1, -0.05) is 26.7 Å². The van der Waals surface area contributed by atoms with Gasteiger partial charge in [-0.3, -0.25) is 0 Å². The average molecular weight is 306 g/mol. The lowest BCUT2D eigenvalue weighted by atomic mass is 10.0. The molecule has 1 N–H and O–H groups in total. The first-order valence-electron chi connectivity index (χ1n) is 5.98. The molecule has 96 valence electrons. The maximum absolute atomic E-state index is 13.8. The van der Waals surface area contributed by atoms with E-state index in [1.165, 1.54) is 12.1 Å². The summed E-state index contributed by atoms with van der Waals surface area (Å²) in [5.74, 6) is -0.777. The van der Waals surface area contributed by atoms with Crippen molar-refractivity contribution in [1.82, 2.24) is 5.32 Å². The number of benzene rings is 1. The van der Waals surface area contributed by atoms with Gasteiger partial charge in [0.2, 0.25) is 0 Å². The van der Waals surface area contributed by atoms with Gasteiger partial charge in [-0.05, 0) is 41.0 Å². The summed E-state index contributed by atoms with van der Waals surface area (Å²) in [7, 11) is 0. The van der Waals surface area contributed by atoms with Gasteiger partial charge in [0.1, 0.15) is 11.6 Å². The lowest BCUT2D eigenvalue weighted by Crippen LogP contribution is -2.22. The molecule has 0 spiro atoms. The van der Waals surface area contributed by atoms with E-state index in [1.807, 2.05) is 6.92 Å². The molecule has 1 nitrogen and oxygen atoms in total. The van der Waals surface area contributed by atoms with E-state index in [0.29, 0.717) is 5.56 Å². The van der Waals surface area contributed by atoms with Crippen LogP contribution in [0.5, 0.6) is 0 Å². The molecule has 1 atom stereocenters. The maximum atomic E-state index is 13.8. The number of nitrogens with one attached hydrogen (secondary N) is 1. The summed E-state index contributed by atoms with van der Waals surface area (Å²) in [5, 5.41) is 3.20. The molecule has 0 amide bonds. The van der Waals surface area contributed by atoms with Crippen molar-refractivity contribution in [3.05, 3.63) is 33.8 Å². The molecule has 0 saturated heterocycles. The summed E-state index contributed by atoms with van der Waals surface area (Å²) in [4.78, 5) is 0. The van der Waals surface area contributed by atoms with E-state index < -0.39 is 5.82 Å². The SMILES string of the molecule is CCCCC(NCC)c1cc(F)c(Br)cc1F. The smallest absolute Gasteiger partial charge is 0.137 e. The summed E-state index contributed by atoms with van der Waals surface area (Å²) in [6.45, 7) is 4.79. The molecule has 0 radical (unpaired) electrons. The molecule has 0 heterocycles. The number of unbranched alkanes of at least 4 members (excludes halogenated alkanes) is 1. The van der Waals surface area contributed by atoms with Crippen LogP contribution in [0.25, 0.3) is 0 Å². The summed E-state index contributed by atoms with van der Waals surface area (Å²) in [6.07, 6.45) is 2.86. The number of rotatable bonds is 6. The van der Waals surface area contributed by atoms with Crippen molar-refractivity contribution < 1.29 is 8.78 Å². The first-order chi connectivity index (χ1) is 8.10. The monoisotopic (exact) mass is 305 g/mol. The van der Waals surface area contributed by atoms with Gasteiger partial charge >= 0.3 is 0 Å². The van der Waals surface area contributed by atoms with Crippen LogP contribution in [0, 0.1) is 11.6 Å². The molecule has 4 heteroatoms. The number of halogens is 3. The minimum Gasteiger partial charge on any atom is -0.310 e. The van der Waals surface area contributed by atoms with Gasteiger partial charge in [0, 0.05) is 11.6 Å². The third kappa shape index (κ3) is 4.03. The summed E-state index contributed by atoms with van der Waals surface area (Å²) < 4.78 is 27.4. The number of hydrogen-bond acceptors (Lipinski definition) is 1. The van der Waals surface area contributed by atoms with Gasteiger partial charge in [-0.25, -0.2) is 8.78 Å². The van der Waals surface area contributed by atoms with E-state index in [9.17, 15) is 8.78 Å². The molecule has 1 aromatic carbocycles. The standard InChI is InChI=1S/C13H18BrF2N/c1-3-5-6-13(17-4-2)9-7-12(16)10(14)8-11(9)15/h7-8,13,17H,3-6H2,1-2H3. The van der Waals surface area contributed by atoms with Crippen LogP contribution in [0.2, 0.25) is 0 Å². The quantitative estimate of drug-likeness (QED) is 0.759. The molecule has 0 saturated carbocycles. The van der Waals surface area contributed by atoms with Crippen LogP contribution in [-0.4, -0.2) is 6.54 Å². The molecule has 0 aliphatic rings. The lowest BCUT2D eigenvalue weighted by Gasteiger charge is -2.19. The summed E-state index contributed by atoms with van der Waals surface area (Å²) in [6, 6.07) is 2.37. The molecule has 1 unspecified atom stereocenters. The van der Waals surface area contributed by atoms with E-state index in [4.69, 9.17) is 0 Å². The molecule has 0 aromatic heterocycles. The first-order valence-corrected chi connectivity index (χ1v) is 6.77. The van der Waals surface area contributed by atoms with E-state index >= 15 is 0 Å². The zero-order chi connectivity index (χ0) is 12.8. The molecule has 1 rings (SSSR count). The Balaban J connectivity index is 2.96. The normalized spacial score (nSPS) is 12.8. The molecule has 0 aliphatic carbocycles. The first kappa shape index (κ1) is 14.6. The van der Waals surface area contributed by atoms with Gasteiger partial charge in [0.15, 0.2) is 0 Å². The van der Waals surface area contributed by atoms with Crippen LogP contribution < -0.4 is 5.32 Å². The van der Waals surface area contributed by atoms with Crippen LogP contribution in [0.1, 0.15) is 44.7 Å². The average Bonchev–Trinajstić information content (AvgIpc) is 2.29. The maximum Gasteiger partial charge on any atom is 0.137 e. The van der Waals surface area contributed by atoms with Crippen LogP contribution in [0.3, 0.4) is 0 Å². The minimum absolute atomic E-state index is 0.109. The van der Waals surface area contributed by atoms with Gasteiger partial charge in [-0.2, -0.15) is 0 Å². The molecule has 1 aromatic rings. The Kier molecular flexibility index (Phi) is 6.06. The van der Waals surface area contributed by atoms with Crippen molar-refractivity contribution in [3.8, 4) is 0 Å². The molecule has 17 heavy (non-hydrogen) atoms. The van der Waals surface area contributed by atoms with Crippen molar-refractivity contribution in [1.29, 1.82) is 0 Å². The highest BCUT2D eigenvalue weighted by Gasteiger charge is 2.16. The topological polar surface area (TPSA) is 12.0 Å². The Morgan fingerprint density at radius 3 is 2.53 bits per heavy atom.